The number of Topliss-reactive ketones (excluding diaryl/α,β-unsaturated/α-hetero) is 1. The predicted octanol–water partition coefficient (Wildman–Crippen LogP) is 3.53. The molecule has 0 aromatic heterocycles. The van der Waals surface area contributed by atoms with E-state index in [2.05, 4.69) is 0 Å². The van der Waals surface area contributed by atoms with Crippen molar-refractivity contribution in [3.05, 3.63) is 65.7 Å². The quantitative estimate of drug-likeness (QED) is 0.480. The van der Waals surface area contributed by atoms with Gasteiger partial charge in [0.05, 0.1) is 6.42 Å². The van der Waals surface area contributed by atoms with Gasteiger partial charge in [-0.15, -0.1) is 0 Å². The molecule has 0 aliphatic rings. The number of hydrogen-bond donors (Lipinski definition) is 0. The zero-order valence-electron chi connectivity index (χ0n) is 11.0. The van der Waals surface area contributed by atoms with Crippen molar-refractivity contribution in [1.82, 2.24) is 0 Å². The minimum Gasteiger partial charge on any atom is -0.423 e. The van der Waals surface area contributed by atoms with Gasteiger partial charge in [-0.3, -0.25) is 9.59 Å². The third-order valence-corrected chi connectivity index (χ3v) is 2.78. The molecule has 3 nitrogen and oxygen atoms in total. The van der Waals surface area contributed by atoms with E-state index < -0.39 is 17.6 Å². The van der Waals surface area contributed by atoms with Crippen LogP contribution >= 0.6 is 0 Å². The lowest BCUT2D eigenvalue weighted by atomic mass is 10.1. The summed E-state index contributed by atoms with van der Waals surface area (Å²) < 4.78 is 30.8. The number of benzene rings is 2. The zero-order chi connectivity index (χ0) is 15.2. The second-order valence-corrected chi connectivity index (χ2v) is 4.33. The first-order valence-electron chi connectivity index (χ1n) is 6.30. The van der Waals surface area contributed by atoms with Gasteiger partial charge in [0.15, 0.2) is 17.3 Å². The van der Waals surface area contributed by atoms with Gasteiger partial charge in [-0.2, -0.15) is 0 Å². The number of halogens is 2. The van der Waals surface area contributed by atoms with Crippen LogP contribution in [0.1, 0.15) is 23.2 Å². The van der Waals surface area contributed by atoms with Crippen LogP contribution in [0.4, 0.5) is 8.78 Å². The van der Waals surface area contributed by atoms with E-state index >= 15 is 0 Å². The molecule has 0 heterocycles. The molecular formula is C16H12F2O3. The summed E-state index contributed by atoms with van der Waals surface area (Å²) >= 11 is 0. The average Bonchev–Trinajstić information content (AvgIpc) is 2.48. The highest BCUT2D eigenvalue weighted by Gasteiger charge is 2.12. The Kier molecular flexibility index (Phi) is 4.77. The monoisotopic (exact) mass is 290 g/mol. The van der Waals surface area contributed by atoms with Crippen molar-refractivity contribution in [3.63, 3.8) is 0 Å². The van der Waals surface area contributed by atoms with Gasteiger partial charge in [-0.25, -0.2) is 8.78 Å². The maximum absolute atomic E-state index is 13.3. The first-order valence-corrected chi connectivity index (χ1v) is 6.30. The number of hydrogen-bond acceptors (Lipinski definition) is 3. The molecule has 2 aromatic rings. The lowest BCUT2D eigenvalue weighted by Crippen LogP contribution is -2.11. The minimum absolute atomic E-state index is 0.0844. The van der Waals surface area contributed by atoms with Crippen molar-refractivity contribution in [2.75, 3.05) is 0 Å². The molecule has 0 aliphatic carbocycles. The lowest BCUT2D eigenvalue weighted by molar-refractivity contribution is -0.134. The molecular weight excluding hydrogens is 278 g/mol. The summed E-state index contributed by atoms with van der Waals surface area (Å²) in [6.45, 7) is 0. The van der Waals surface area contributed by atoms with Gasteiger partial charge in [0.2, 0.25) is 0 Å². The fourth-order valence-electron chi connectivity index (χ4n) is 1.70. The van der Waals surface area contributed by atoms with Crippen LogP contribution in [0.5, 0.6) is 5.75 Å². The van der Waals surface area contributed by atoms with E-state index in [1.165, 1.54) is 48.5 Å². The Hall–Kier alpha value is -2.56. The Morgan fingerprint density at radius 2 is 1.57 bits per heavy atom. The number of carbonyl (C=O) groups excluding carboxylic acids is 2. The number of carbonyl (C=O) groups is 2. The highest BCUT2D eigenvalue weighted by molar-refractivity contribution is 5.97. The maximum Gasteiger partial charge on any atom is 0.311 e. The molecule has 0 unspecified atom stereocenters. The molecule has 0 bridgehead atoms. The van der Waals surface area contributed by atoms with Crippen molar-refractivity contribution in [1.29, 1.82) is 0 Å². The fraction of sp³-hybridized carbons (Fsp3) is 0.125. The summed E-state index contributed by atoms with van der Waals surface area (Å²) in [4.78, 5) is 23.3. The Morgan fingerprint density at radius 1 is 0.905 bits per heavy atom. The number of ketones is 1. The van der Waals surface area contributed by atoms with Gasteiger partial charge in [-0.05, 0) is 36.4 Å². The summed E-state index contributed by atoms with van der Waals surface area (Å²) in [6.07, 6.45) is -0.260. The minimum atomic E-state index is -0.699. The van der Waals surface area contributed by atoms with Crippen LogP contribution in [0.25, 0.3) is 0 Å². The van der Waals surface area contributed by atoms with Gasteiger partial charge in [0.25, 0.3) is 0 Å². The topological polar surface area (TPSA) is 43.4 Å². The molecule has 108 valence electrons. The van der Waals surface area contributed by atoms with E-state index in [0.717, 1.165) is 0 Å². The van der Waals surface area contributed by atoms with E-state index in [1.807, 2.05) is 0 Å². The smallest absolute Gasteiger partial charge is 0.311 e. The first-order chi connectivity index (χ1) is 10.1. The van der Waals surface area contributed by atoms with Crippen molar-refractivity contribution in [2.45, 2.75) is 12.8 Å². The summed E-state index contributed by atoms with van der Waals surface area (Å²) in [5.41, 5.74) is 0.315. The Labute approximate surface area is 120 Å². The maximum atomic E-state index is 13.3. The van der Waals surface area contributed by atoms with Gasteiger partial charge in [0, 0.05) is 12.0 Å². The van der Waals surface area contributed by atoms with Crippen molar-refractivity contribution >= 4 is 11.8 Å². The van der Waals surface area contributed by atoms with E-state index in [4.69, 9.17) is 4.74 Å². The van der Waals surface area contributed by atoms with Gasteiger partial charge in [0.1, 0.15) is 5.82 Å². The van der Waals surface area contributed by atoms with Crippen LogP contribution in [-0.2, 0) is 4.79 Å². The molecule has 5 heteroatoms. The Morgan fingerprint density at radius 3 is 2.24 bits per heavy atom. The third kappa shape index (κ3) is 4.21. The van der Waals surface area contributed by atoms with Crippen LogP contribution in [-0.4, -0.2) is 11.8 Å². The highest BCUT2D eigenvalue weighted by atomic mass is 19.1. The molecule has 0 aliphatic heterocycles. The molecule has 0 radical (unpaired) electrons. The lowest BCUT2D eigenvalue weighted by Gasteiger charge is -2.05. The number of ether oxygens (including phenoxy) is 1. The molecule has 0 amide bonds. The number of para-hydroxylation sites is 1. The molecule has 21 heavy (non-hydrogen) atoms. The van der Waals surface area contributed by atoms with Crippen molar-refractivity contribution < 1.29 is 23.1 Å². The van der Waals surface area contributed by atoms with E-state index in [0.29, 0.717) is 5.56 Å². The van der Waals surface area contributed by atoms with E-state index in [1.54, 1.807) is 0 Å². The molecule has 2 aromatic carbocycles. The summed E-state index contributed by atoms with van der Waals surface area (Å²) in [5, 5.41) is 0. The third-order valence-electron chi connectivity index (χ3n) is 2.78. The van der Waals surface area contributed by atoms with Crippen molar-refractivity contribution in [3.8, 4) is 5.75 Å². The van der Waals surface area contributed by atoms with E-state index in [9.17, 15) is 18.4 Å². The molecule has 0 saturated heterocycles. The van der Waals surface area contributed by atoms with Crippen molar-refractivity contribution in [2.24, 2.45) is 0 Å². The summed E-state index contributed by atoms with van der Waals surface area (Å²) in [5.74, 6) is -2.26. The largest absolute Gasteiger partial charge is 0.423 e. The predicted molar refractivity (Wildman–Crippen MR) is 72.0 cm³/mol. The van der Waals surface area contributed by atoms with E-state index in [-0.39, 0.29) is 24.4 Å². The second kappa shape index (κ2) is 6.74. The standard InChI is InChI=1S/C16H12F2O3/c17-12-7-5-11(6-8-12)14(19)9-10-16(20)21-15-4-2-1-3-13(15)18/h1-8H,9-10H2. The molecule has 0 atom stereocenters. The molecule has 0 fully saturated rings. The molecule has 0 N–H and O–H groups in total. The first kappa shape index (κ1) is 14.8. The zero-order valence-corrected chi connectivity index (χ0v) is 11.0. The molecule has 0 spiro atoms. The molecule has 0 saturated carbocycles. The van der Waals surface area contributed by atoms with Gasteiger partial charge < -0.3 is 4.74 Å². The molecule has 2 rings (SSSR count). The second-order valence-electron chi connectivity index (χ2n) is 4.33. The fourth-order valence-corrected chi connectivity index (χ4v) is 1.70. The van der Waals surface area contributed by atoms with Crippen LogP contribution in [0.3, 0.4) is 0 Å². The Balaban J connectivity index is 1.88. The van der Waals surface area contributed by atoms with Gasteiger partial charge >= 0.3 is 5.97 Å². The highest BCUT2D eigenvalue weighted by Crippen LogP contribution is 2.16. The van der Waals surface area contributed by atoms with Crippen LogP contribution < -0.4 is 4.74 Å². The SMILES string of the molecule is O=C(CCC(=O)c1ccc(F)cc1)Oc1ccccc1F. The summed E-state index contributed by atoms with van der Waals surface area (Å²) in [7, 11) is 0. The van der Waals surface area contributed by atoms with Crippen LogP contribution in [0, 0.1) is 11.6 Å². The average molecular weight is 290 g/mol. The normalized spacial score (nSPS) is 10.2. The van der Waals surface area contributed by atoms with Crippen LogP contribution in [0.15, 0.2) is 48.5 Å². The Bertz CT molecular complexity index is 651. The van der Waals surface area contributed by atoms with Gasteiger partial charge in [-0.1, -0.05) is 12.1 Å². The number of esters is 1. The summed E-state index contributed by atoms with van der Waals surface area (Å²) in [6, 6.07) is 10.6. The van der Waals surface area contributed by atoms with Crippen LogP contribution in [0.2, 0.25) is 0 Å². The number of rotatable bonds is 5.